The van der Waals surface area contributed by atoms with E-state index in [0.29, 0.717) is 0 Å². The number of anilines is 1. The first-order chi connectivity index (χ1) is 29.8. The number of aromatic nitrogens is 1. The maximum atomic E-state index is 5.87. The largest absolute Gasteiger partial charge is 0.346 e. The van der Waals surface area contributed by atoms with Gasteiger partial charge >= 0.3 is 0 Å². The van der Waals surface area contributed by atoms with Crippen LogP contribution in [0, 0.1) is 0 Å². The van der Waals surface area contributed by atoms with Gasteiger partial charge in [0.1, 0.15) is 0 Å². The molecule has 1 aliphatic heterocycles. The second kappa shape index (κ2) is 11.7. The summed E-state index contributed by atoms with van der Waals surface area (Å²) in [7, 11) is 0. The monoisotopic (exact) mass is 761 g/mol. The molecule has 3 aliphatic rings. The van der Waals surface area contributed by atoms with Crippen LogP contribution in [0.3, 0.4) is 0 Å². The van der Waals surface area contributed by atoms with Gasteiger partial charge in [-0.1, -0.05) is 194 Å². The molecule has 1 spiro atoms. The minimum Gasteiger partial charge on any atom is -0.346 e. The fraction of sp³-hybridized carbons (Fsp3) is 0.0351. The molecule has 278 valence electrons. The van der Waals surface area contributed by atoms with E-state index >= 15 is 0 Å². The molecule has 0 bridgehead atoms. The van der Waals surface area contributed by atoms with E-state index in [1.54, 1.807) is 0 Å². The van der Waals surface area contributed by atoms with Crippen LogP contribution in [0.5, 0.6) is 0 Å². The number of aliphatic imine (C=N–C) groups is 1. The smallest absolute Gasteiger partial charge is 0.201 e. The summed E-state index contributed by atoms with van der Waals surface area (Å²) in [6.45, 7) is 0. The predicted molar refractivity (Wildman–Crippen MR) is 249 cm³/mol. The number of nitrogens with zero attached hydrogens (tertiary/aromatic N) is 2. The third-order valence-electron chi connectivity index (χ3n) is 13.8. The van der Waals surface area contributed by atoms with Gasteiger partial charge < -0.3 is 5.32 Å². The van der Waals surface area contributed by atoms with E-state index in [1.807, 2.05) is 0 Å². The van der Waals surface area contributed by atoms with Gasteiger partial charge in [0.2, 0.25) is 6.29 Å². The van der Waals surface area contributed by atoms with Crippen molar-refractivity contribution in [2.45, 2.75) is 11.7 Å². The lowest BCUT2D eigenvalue weighted by atomic mass is 9.70. The van der Waals surface area contributed by atoms with Crippen molar-refractivity contribution in [2.24, 2.45) is 4.99 Å². The highest BCUT2D eigenvalue weighted by Crippen LogP contribution is 2.65. The predicted octanol–water partition coefficient (Wildman–Crippen LogP) is 14.0. The molecule has 3 heteroatoms. The van der Waals surface area contributed by atoms with Crippen LogP contribution in [0.1, 0.15) is 39.7 Å². The zero-order valence-corrected chi connectivity index (χ0v) is 32.5. The Kier molecular flexibility index (Phi) is 6.28. The summed E-state index contributed by atoms with van der Waals surface area (Å²) in [6, 6.07) is 74.2. The van der Waals surface area contributed by atoms with Crippen LogP contribution in [0.2, 0.25) is 0 Å². The number of benzene rings is 10. The molecule has 14 rings (SSSR count). The Balaban J connectivity index is 1.19. The lowest BCUT2D eigenvalue weighted by molar-refractivity contribution is 0.626. The summed E-state index contributed by atoms with van der Waals surface area (Å²) in [6.07, 6.45) is -0.454. The van der Waals surface area contributed by atoms with Crippen molar-refractivity contribution in [3.05, 3.63) is 234 Å². The molecule has 3 nitrogen and oxygen atoms in total. The molecule has 1 N–H and O–H groups in total. The zero-order chi connectivity index (χ0) is 39.1. The summed E-state index contributed by atoms with van der Waals surface area (Å²) in [5.41, 5.74) is 16.8. The molecular formula is C57H35N3. The number of fused-ring (bicyclic) bond motifs is 21. The molecule has 1 unspecified atom stereocenters. The Morgan fingerprint density at radius 2 is 0.900 bits per heavy atom. The van der Waals surface area contributed by atoms with E-state index in [9.17, 15) is 0 Å². The van der Waals surface area contributed by atoms with Crippen LogP contribution in [0.15, 0.2) is 205 Å². The first-order valence-electron chi connectivity index (χ1n) is 20.9. The fourth-order valence-corrected chi connectivity index (χ4v) is 11.5. The van der Waals surface area contributed by atoms with Gasteiger partial charge in [-0.05, 0) is 71.9 Å². The third-order valence-corrected chi connectivity index (χ3v) is 13.8. The normalized spacial score (nSPS) is 15.5. The summed E-state index contributed by atoms with van der Waals surface area (Å²) in [5.74, 6) is 0. The van der Waals surface area contributed by atoms with E-state index in [-0.39, 0.29) is 0 Å². The molecule has 10 aromatic carbocycles. The van der Waals surface area contributed by atoms with Gasteiger partial charge in [-0.25, -0.2) is 4.99 Å². The number of rotatable bonds is 2. The summed E-state index contributed by atoms with van der Waals surface area (Å²) in [4.78, 5) is 5.87. The second-order valence-corrected chi connectivity index (χ2v) is 16.6. The zero-order valence-electron chi connectivity index (χ0n) is 32.5. The molecule has 0 radical (unpaired) electrons. The molecule has 2 aliphatic carbocycles. The quantitative estimate of drug-likeness (QED) is 0.187. The first kappa shape index (κ1) is 32.2. The van der Waals surface area contributed by atoms with Crippen molar-refractivity contribution in [1.29, 1.82) is 0 Å². The molecule has 0 saturated heterocycles. The molecule has 1 atom stereocenters. The minimum atomic E-state index is -0.497. The van der Waals surface area contributed by atoms with Crippen LogP contribution in [-0.4, -0.2) is 10.3 Å². The van der Waals surface area contributed by atoms with E-state index < -0.39 is 11.7 Å². The average molecular weight is 762 g/mol. The maximum absolute atomic E-state index is 5.87. The van der Waals surface area contributed by atoms with Crippen LogP contribution in [0.4, 0.5) is 5.69 Å². The van der Waals surface area contributed by atoms with Crippen molar-refractivity contribution < 1.29 is 0 Å². The van der Waals surface area contributed by atoms with Gasteiger partial charge in [0, 0.05) is 38.5 Å². The number of nitrogens with one attached hydrogen (secondary N) is 1. The molecule has 0 saturated carbocycles. The summed E-state index contributed by atoms with van der Waals surface area (Å²) in [5, 5.41) is 13.8. The van der Waals surface area contributed by atoms with E-state index in [2.05, 4.69) is 210 Å². The third kappa shape index (κ3) is 3.97. The van der Waals surface area contributed by atoms with Crippen molar-refractivity contribution in [2.75, 3.05) is 5.32 Å². The van der Waals surface area contributed by atoms with Gasteiger partial charge in [-0.3, -0.25) is 4.57 Å². The average Bonchev–Trinajstić information content (AvgIpc) is 3.93. The van der Waals surface area contributed by atoms with Crippen molar-refractivity contribution in [1.82, 2.24) is 4.57 Å². The Hall–Kier alpha value is -7.75. The highest BCUT2D eigenvalue weighted by atomic mass is 15.3. The highest BCUT2D eigenvalue weighted by Gasteiger charge is 2.53. The van der Waals surface area contributed by atoms with Crippen LogP contribution in [-0.2, 0) is 5.41 Å². The molecule has 60 heavy (non-hydrogen) atoms. The van der Waals surface area contributed by atoms with Crippen LogP contribution in [0.25, 0.3) is 76.4 Å². The van der Waals surface area contributed by atoms with Gasteiger partial charge in [-0.15, -0.1) is 0 Å². The van der Waals surface area contributed by atoms with Gasteiger partial charge in [0.15, 0.2) is 0 Å². The Morgan fingerprint density at radius 3 is 1.63 bits per heavy atom. The van der Waals surface area contributed by atoms with Gasteiger partial charge in [-0.2, -0.15) is 0 Å². The topological polar surface area (TPSA) is 29.3 Å². The Bertz CT molecular complexity index is 3660. The first-order valence-corrected chi connectivity index (χ1v) is 20.9. The van der Waals surface area contributed by atoms with Crippen molar-refractivity contribution in [3.63, 3.8) is 0 Å². The molecule has 11 aromatic rings. The van der Waals surface area contributed by atoms with E-state index in [0.717, 1.165) is 22.5 Å². The van der Waals surface area contributed by atoms with Gasteiger partial charge in [0.05, 0.1) is 22.2 Å². The lowest BCUT2D eigenvalue weighted by Crippen LogP contribution is -2.26. The molecule has 2 heterocycles. The van der Waals surface area contributed by atoms with Crippen molar-refractivity contribution in [3.8, 4) is 22.3 Å². The summed E-state index contributed by atoms with van der Waals surface area (Å²) >= 11 is 0. The number of hydrogen-bond acceptors (Lipinski definition) is 2. The molecule has 0 fully saturated rings. The van der Waals surface area contributed by atoms with Crippen LogP contribution >= 0.6 is 0 Å². The summed E-state index contributed by atoms with van der Waals surface area (Å²) < 4.78 is 2.56. The minimum absolute atomic E-state index is 0.454. The molecule has 0 amide bonds. The maximum Gasteiger partial charge on any atom is 0.201 e. The fourth-order valence-electron chi connectivity index (χ4n) is 11.5. The Morgan fingerprint density at radius 1 is 0.383 bits per heavy atom. The van der Waals surface area contributed by atoms with E-state index in [4.69, 9.17) is 4.99 Å². The second-order valence-electron chi connectivity index (χ2n) is 16.6. The highest BCUT2D eigenvalue weighted by molar-refractivity contribution is 6.25. The SMILES string of the molecule is c1ccc(C2=NC(n3c4c5c(ccc4c4ccc6ccccc6c43)C3(c4ccccc4-c4ccccc43)c3ccc4ccccc4c3-5)Nc3ccc4ccccc4c32)cc1. The van der Waals surface area contributed by atoms with Crippen molar-refractivity contribution >= 4 is 65.5 Å². The Labute approximate surface area is 346 Å². The molecular weight excluding hydrogens is 727 g/mol. The van der Waals surface area contributed by atoms with Crippen LogP contribution < -0.4 is 5.32 Å². The molecule has 1 aromatic heterocycles. The van der Waals surface area contributed by atoms with E-state index in [1.165, 1.54) is 98.6 Å². The number of hydrogen-bond donors (Lipinski definition) is 1. The lowest BCUT2D eigenvalue weighted by Gasteiger charge is -2.31. The standard InChI is InChI=1S/C57H35N3/c1-2-17-37(18-3-1)53-51-39-20-8-5-15-35(39)28-33-49(51)58-56(59-53)60-54-40-21-9-6-16-36(40)26-29-43(54)44-30-32-48-52(55(44)60)50-38-19-7-4-14-34(38)27-31-47(50)57(48)45-24-12-10-22-41(45)42-23-11-13-25-46(42)57/h1-33,56,58H. The van der Waals surface area contributed by atoms with Gasteiger partial charge in [0.25, 0.3) is 0 Å².